The van der Waals surface area contributed by atoms with Gasteiger partial charge < -0.3 is 9.80 Å². The molecule has 4 rings (SSSR count). The molecule has 0 amide bonds. The van der Waals surface area contributed by atoms with Crippen molar-refractivity contribution in [2.45, 2.75) is 24.3 Å². The fourth-order valence-corrected chi connectivity index (χ4v) is 4.52. The van der Waals surface area contributed by atoms with Gasteiger partial charge in [-0.25, -0.2) is 14.0 Å². The highest BCUT2D eigenvalue weighted by Gasteiger charge is 2.20. The van der Waals surface area contributed by atoms with Crippen molar-refractivity contribution in [2.24, 2.45) is 0 Å². The zero-order valence-corrected chi connectivity index (χ0v) is 15.5. The van der Waals surface area contributed by atoms with E-state index < -0.39 is 0 Å². The number of hydrogen-bond donors (Lipinski definition) is 0. The SMILES string of the molecule is CN1CCN(CCCn2nc3n(c2=O)-c2ccccc2SCC3)CC1. The molecular weight excluding hydrogens is 334 g/mol. The van der Waals surface area contributed by atoms with Gasteiger partial charge in [0, 0.05) is 56.3 Å². The summed E-state index contributed by atoms with van der Waals surface area (Å²) >= 11 is 1.80. The number of likely N-dealkylation sites (N-methyl/N-ethyl adjacent to an activating group) is 1. The zero-order chi connectivity index (χ0) is 17.2. The van der Waals surface area contributed by atoms with Crippen LogP contribution in [0.1, 0.15) is 12.2 Å². The second kappa shape index (κ2) is 7.35. The van der Waals surface area contributed by atoms with Gasteiger partial charge in [-0.2, -0.15) is 5.10 Å². The maximum atomic E-state index is 12.9. The van der Waals surface area contributed by atoms with Crippen LogP contribution in [-0.2, 0) is 13.0 Å². The van der Waals surface area contributed by atoms with Gasteiger partial charge in [-0.15, -0.1) is 11.8 Å². The van der Waals surface area contributed by atoms with Crippen LogP contribution >= 0.6 is 11.8 Å². The molecule has 0 aliphatic carbocycles. The van der Waals surface area contributed by atoms with Crippen LogP contribution in [0.25, 0.3) is 5.69 Å². The Hall–Kier alpha value is -1.57. The number of benzene rings is 1. The van der Waals surface area contributed by atoms with Crippen molar-refractivity contribution in [1.82, 2.24) is 24.1 Å². The number of rotatable bonds is 4. The van der Waals surface area contributed by atoms with E-state index in [0.29, 0.717) is 6.54 Å². The standard InChI is InChI=1S/C18H25N5OS/c1-20-10-12-21(13-11-20)8-4-9-22-18(24)23-15-5-2-3-6-16(15)25-14-7-17(23)19-22/h2-3,5-6H,4,7-14H2,1H3. The summed E-state index contributed by atoms with van der Waals surface area (Å²) in [4.78, 5) is 18.9. The Kier molecular flexibility index (Phi) is 4.96. The minimum Gasteiger partial charge on any atom is -0.304 e. The first kappa shape index (κ1) is 16.9. The van der Waals surface area contributed by atoms with Gasteiger partial charge in [-0.1, -0.05) is 12.1 Å². The summed E-state index contributed by atoms with van der Waals surface area (Å²) in [5.74, 6) is 1.86. The molecule has 1 aromatic carbocycles. The first-order valence-corrected chi connectivity index (χ1v) is 10.0. The van der Waals surface area contributed by atoms with Crippen LogP contribution in [0.3, 0.4) is 0 Å². The molecule has 0 bridgehead atoms. The molecule has 25 heavy (non-hydrogen) atoms. The highest BCUT2D eigenvalue weighted by atomic mass is 32.2. The second-order valence-corrected chi connectivity index (χ2v) is 7.96. The Morgan fingerprint density at radius 1 is 1.12 bits per heavy atom. The smallest absolute Gasteiger partial charge is 0.304 e. The average Bonchev–Trinajstić information content (AvgIpc) is 2.82. The molecule has 0 atom stereocenters. The summed E-state index contributed by atoms with van der Waals surface area (Å²) < 4.78 is 3.48. The Bertz CT molecular complexity index is 791. The van der Waals surface area contributed by atoms with Gasteiger partial charge in [-0.05, 0) is 25.6 Å². The summed E-state index contributed by atoms with van der Waals surface area (Å²) in [5, 5.41) is 4.63. The normalized spacial score (nSPS) is 18.6. The highest BCUT2D eigenvalue weighted by Crippen LogP contribution is 2.29. The number of piperazine rings is 1. The molecule has 0 saturated carbocycles. The Morgan fingerprint density at radius 2 is 1.92 bits per heavy atom. The molecule has 3 heterocycles. The van der Waals surface area contributed by atoms with Crippen LogP contribution < -0.4 is 5.69 Å². The predicted octanol–water partition coefficient (Wildman–Crippen LogP) is 1.32. The van der Waals surface area contributed by atoms with Crippen molar-refractivity contribution in [2.75, 3.05) is 45.5 Å². The van der Waals surface area contributed by atoms with Gasteiger partial charge in [0.15, 0.2) is 0 Å². The first-order valence-electron chi connectivity index (χ1n) is 9.04. The lowest BCUT2D eigenvalue weighted by atomic mass is 10.3. The van der Waals surface area contributed by atoms with Gasteiger partial charge in [0.1, 0.15) is 5.82 Å². The minimum absolute atomic E-state index is 0.00308. The fraction of sp³-hybridized carbons (Fsp3) is 0.556. The van der Waals surface area contributed by atoms with Crippen LogP contribution in [0, 0.1) is 0 Å². The van der Waals surface area contributed by atoms with Crippen molar-refractivity contribution in [3.05, 3.63) is 40.6 Å². The molecule has 2 aliphatic rings. The molecule has 0 spiro atoms. The van der Waals surface area contributed by atoms with Gasteiger partial charge >= 0.3 is 5.69 Å². The lowest BCUT2D eigenvalue weighted by Crippen LogP contribution is -2.44. The summed E-state index contributed by atoms with van der Waals surface area (Å²) in [6.07, 6.45) is 1.80. The largest absolute Gasteiger partial charge is 0.350 e. The van der Waals surface area contributed by atoms with Crippen LogP contribution in [-0.4, -0.2) is 69.7 Å². The Balaban J connectivity index is 1.48. The van der Waals surface area contributed by atoms with Gasteiger partial charge in [0.2, 0.25) is 0 Å². The van der Waals surface area contributed by atoms with E-state index in [0.717, 1.165) is 62.8 Å². The third kappa shape index (κ3) is 3.54. The van der Waals surface area contributed by atoms with E-state index in [1.54, 1.807) is 16.4 Å². The van der Waals surface area contributed by atoms with E-state index in [4.69, 9.17) is 0 Å². The number of hydrogen-bond acceptors (Lipinski definition) is 5. The van der Waals surface area contributed by atoms with E-state index in [2.05, 4.69) is 28.0 Å². The van der Waals surface area contributed by atoms with Crippen LogP contribution in [0.2, 0.25) is 0 Å². The monoisotopic (exact) mass is 359 g/mol. The highest BCUT2D eigenvalue weighted by molar-refractivity contribution is 7.99. The summed E-state index contributed by atoms with van der Waals surface area (Å²) in [6, 6.07) is 8.13. The number of fused-ring (bicyclic) bond motifs is 3. The van der Waals surface area contributed by atoms with Crippen LogP contribution in [0.15, 0.2) is 34.0 Å². The molecule has 0 N–H and O–H groups in total. The topological polar surface area (TPSA) is 46.3 Å². The molecule has 1 saturated heterocycles. The van der Waals surface area contributed by atoms with E-state index in [-0.39, 0.29) is 5.69 Å². The van der Waals surface area contributed by atoms with Crippen LogP contribution in [0.4, 0.5) is 0 Å². The van der Waals surface area contributed by atoms with E-state index in [9.17, 15) is 4.79 Å². The molecule has 6 nitrogen and oxygen atoms in total. The lowest BCUT2D eigenvalue weighted by molar-refractivity contribution is 0.150. The third-order valence-electron chi connectivity index (χ3n) is 5.04. The molecule has 0 unspecified atom stereocenters. The molecule has 0 radical (unpaired) electrons. The quantitative estimate of drug-likeness (QED) is 0.824. The van der Waals surface area contributed by atoms with Crippen molar-refractivity contribution in [3.63, 3.8) is 0 Å². The van der Waals surface area contributed by atoms with Crippen molar-refractivity contribution >= 4 is 11.8 Å². The average molecular weight is 359 g/mol. The number of aromatic nitrogens is 3. The first-order chi connectivity index (χ1) is 12.2. The van der Waals surface area contributed by atoms with Gasteiger partial charge in [0.25, 0.3) is 0 Å². The van der Waals surface area contributed by atoms with E-state index >= 15 is 0 Å². The molecule has 134 valence electrons. The number of nitrogens with zero attached hydrogens (tertiary/aromatic N) is 5. The van der Waals surface area contributed by atoms with Crippen molar-refractivity contribution in [3.8, 4) is 5.69 Å². The number of para-hydroxylation sites is 1. The molecule has 2 aliphatic heterocycles. The van der Waals surface area contributed by atoms with E-state index in [1.807, 2.05) is 22.8 Å². The fourth-order valence-electron chi connectivity index (χ4n) is 3.53. The Morgan fingerprint density at radius 3 is 2.76 bits per heavy atom. The molecule has 2 aromatic rings. The van der Waals surface area contributed by atoms with E-state index in [1.165, 1.54) is 4.90 Å². The molecule has 1 fully saturated rings. The Labute approximate surface area is 152 Å². The summed E-state index contributed by atoms with van der Waals surface area (Å²) in [7, 11) is 2.17. The maximum Gasteiger partial charge on any atom is 0.350 e. The van der Waals surface area contributed by atoms with Crippen molar-refractivity contribution in [1.29, 1.82) is 0 Å². The minimum atomic E-state index is 0.00308. The van der Waals surface area contributed by atoms with Crippen molar-refractivity contribution < 1.29 is 0 Å². The third-order valence-corrected chi connectivity index (χ3v) is 6.10. The maximum absolute atomic E-state index is 12.9. The van der Waals surface area contributed by atoms with Crippen LogP contribution in [0.5, 0.6) is 0 Å². The molecule has 7 heteroatoms. The zero-order valence-electron chi connectivity index (χ0n) is 14.7. The summed E-state index contributed by atoms with van der Waals surface area (Å²) in [5.41, 5.74) is 0.985. The second-order valence-electron chi connectivity index (χ2n) is 6.82. The molecular formula is C18H25N5OS. The van der Waals surface area contributed by atoms with Gasteiger partial charge in [0.05, 0.1) is 5.69 Å². The predicted molar refractivity (Wildman–Crippen MR) is 101 cm³/mol. The molecule has 1 aromatic heterocycles. The number of aryl methyl sites for hydroxylation is 2. The summed E-state index contributed by atoms with van der Waals surface area (Å²) in [6.45, 7) is 6.24. The number of thioether (sulfide) groups is 1. The lowest BCUT2D eigenvalue weighted by Gasteiger charge is -2.32. The van der Waals surface area contributed by atoms with Gasteiger partial charge in [-0.3, -0.25) is 0 Å².